The van der Waals surface area contributed by atoms with Gasteiger partial charge in [-0.2, -0.15) is 0 Å². The molecule has 202 valence electrons. The fourth-order valence-corrected chi connectivity index (χ4v) is 6.27. The Kier molecular flexibility index (Phi) is 8.03. The molecular weight excluding hydrogens is 516 g/mol. The third-order valence-electron chi connectivity index (χ3n) is 6.78. The summed E-state index contributed by atoms with van der Waals surface area (Å²) in [7, 11) is -6.93. The molecule has 2 fully saturated rings. The molecule has 1 amide bonds. The number of carbonyl (C=O) groups excluding carboxylic acids is 1. The molecule has 0 unspecified atom stereocenters. The first-order valence-electron chi connectivity index (χ1n) is 12.5. The number of hydrogen-bond donors (Lipinski definition) is 0. The number of piperazine rings is 1. The smallest absolute Gasteiger partial charge is 0.261 e. The largest absolute Gasteiger partial charge is 0.493 e. The zero-order valence-corrected chi connectivity index (χ0v) is 23.1. The maximum atomic E-state index is 13.9. The van der Waals surface area contributed by atoms with Gasteiger partial charge in [0.15, 0.2) is 25.4 Å². The van der Waals surface area contributed by atoms with Crippen LogP contribution in [-0.4, -0.2) is 79.0 Å². The Morgan fingerprint density at radius 2 is 1.51 bits per heavy atom. The first-order chi connectivity index (χ1) is 17.5. The molecule has 9 nitrogen and oxygen atoms in total. The molecule has 1 saturated carbocycles. The van der Waals surface area contributed by atoms with Gasteiger partial charge in [0, 0.05) is 44.4 Å². The van der Waals surface area contributed by atoms with Crippen molar-refractivity contribution in [1.29, 1.82) is 0 Å². The van der Waals surface area contributed by atoms with Crippen LogP contribution in [0.4, 0.5) is 5.69 Å². The van der Waals surface area contributed by atoms with E-state index >= 15 is 0 Å². The summed E-state index contributed by atoms with van der Waals surface area (Å²) in [5, 5.41) is 0. The average Bonchev–Trinajstić information content (AvgIpc) is 3.36. The lowest BCUT2D eigenvalue weighted by molar-refractivity contribution is 0.0733. The Morgan fingerprint density at radius 3 is 2.05 bits per heavy atom. The third-order valence-corrected chi connectivity index (χ3v) is 9.03. The molecule has 11 heteroatoms. The van der Waals surface area contributed by atoms with Crippen LogP contribution < -0.4 is 14.4 Å². The number of sulfone groups is 2. The number of rotatable bonds is 8. The van der Waals surface area contributed by atoms with Gasteiger partial charge in [-0.3, -0.25) is 4.79 Å². The molecule has 0 atom stereocenters. The number of anilines is 1. The van der Waals surface area contributed by atoms with Gasteiger partial charge in [-0.1, -0.05) is 0 Å². The molecular formula is C26H34N2O7S2. The summed E-state index contributed by atoms with van der Waals surface area (Å²) in [5.41, 5.74) is 1.03. The fourth-order valence-electron chi connectivity index (χ4n) is 4.84. The Bertz CT molecular complexity index is 1340. The van der Waals surface area contributed by atoms with Gasteiger partial charge in [-0.25, -0.2) is 16.8 Å². The van der Waals surface area contributed by atoms with Crippen LogP contribution in [0.25, 0.3) is 0 Å². The SMILES string of the molecule is CCOc1ccc(S(C)(=O)=O)c(OC2CCCC2)c1C(=O)N1CCN(c2ccc(S(C)(=O)=O)cc2)CC1. The summed E-state index contributed by atoms with van der Waals surface area (Å²) in [6.45, 7) is 4.02. The van der Waals surface area contributed by atoms with E-state index in [-0.39, 0.29) is 33.1 Å². The van der Waals surface area contributed by atoms with E-state index in [1.165, 1.54) is 18.4 Å². The molecule has 4 rings (SSSR count). The van der Waals surface area contributed by atoms with E-state index in [0.29, 0.717) is 38.5 Å². The minimum Gasteiger partial charge on any atom is -0.493 e. The standard InChI is InChI=1S/C26H34N2O7S2/c1-4-34-22-13-14-23(37(3,32)33)25(35-20-7-5-6-8-20)24(22)26(29)28-17-15-27(16-18-28)19-9-11-21(12-10-19)36(2,30)31/h9-14,20H,4-8,15-18H2,1-3H3. The minimum absolute atomic E-state index is 0.00388. The Balaban J connectivity index is 1.60. The van der Waals surface area contributed by atoms with Crippen LogP contribution in [0.5, 0.6) is 11.5 Å². The van der Waals surface area contributed by atoms with Crippen molar-refractivity contribution in [2.45, 2.75) is 48.5 Å². The van der Waals surface area contributed by atoms with Crippen molar-refractivity contribution in [3.63, 3.8) is 0 Å². The highest BCUT2D eigenvalue weighted by atomic mass is 32.2. The Morgan fingerprint density at radius 1 is 0.892 bits per heavy atom. The van der Waals surface area contributed by atoms with Crippen molar-refractivity contribution >= 4 is 31.3 Å². The van der Waals surface area contributed by atoms with Crippen molar-refractivity contribution in [2.24, 2.45) is 0 Å². The number of ether oxygens (including phenoxy) is 2. The lowest BCUT2D eigenvalue weighted by atomic mass is 10.1. The molecule has 1 heterocycles. The topological polar surface area (TPSA) is 110 Å². The molecule has 0 aromatic heterocycles. The molecule has 0 radical (unpaired) electrons. The first kappa shape index (κ1) is 27.3. The van der Waals surface area contributed by atoms with Gasteiger partial charge >= 0.3 is 0 Å². The normalized spacial score (nSPS) is 17.2. The van der Waals surface area contributed by atoms with Crippen LogP contribution in [0.15, 0.2) is 46.2 Å². The maximum Gasteiger partial charge on any atom is 0.261 e. The second kappa shape index (κ2) is 10.9. The van der Waals surface area contributed by atoms with E-state index in [9.17, 15) is 21.6 Å². The molecule has 0 spiro atoms. The van der Waals surface area contributed by atoms with E-state index in [4.69, 9.17) is 9.47 Å². The van der Waals surface area contributed by atoms with Gasteiger partial charge in [0.1, 0.15) is 16.2 Å². The summed E-state index contributed by atoms with van der Waals surface area (Å²) in [4.78, 5) is 17.9. The van der Waals surface area contributed by atoms with Crippen LogP contribution >= 0.6 is 0 Å². The summed E-state index contributed by atoms with van der Waals surface area (Å²) in [6, 6.07) is 9.70. The second-order valence-corrected chi connectivity index (χ2v) is 13.5. The lowest BCUT2D eigenvalue weighted by Crippen LogP contribution is -2.49. The Labute approximate surface area is 219 Å². The van der Waals surface area contributed by atoms with Crippen LogP contribution in [0.3, 0.4) is 0 Å². The molecule has 37 heavy (non-hydrogen) atoms. The summed E-state index contributed by atoms with van der Waals surface area (Å²) < 4.78 is 60.8. The van der Waals surface area contributed by atoms with Crippen LogP contribution in [0.1, 0.15) is 43.0 Å². The van der Waals surface area contributed by atoms with E-state index in [0.717, 1.165) is 37.6 Å². The molecule has 2 aromatic carbocycles. The molecule has 1 aliphatic carbocycles. The van der Waals surface area contributed by atoms with Gasteiger partial charge in [-0.05, 0) is 69.0 Å². The number of carbonyl (C=O) groups is 1. The van der Waals surface area contributed by atoms with E-state index in [2.05, 4.69) is 4.90 Å². The molecule has 1 aliphatic heterocycles. The highest BCUT2D eigenvalue weighted by Crippen LogP contribution is 2.39. The average molecular weight is 551 g/mol. The van der Waals surface area contributed by atoms with Crippen molar-refractivity contribution in [1.82, 2.24) is 4.90 Å². The summed E-state index contributed by atoms with van der Waals surface area (Å²) >= 11 is 0. The maximum absolute atomic E-state index is 13.9. The predicted molar refractivity (Wildman–Crippen MR) is 141 cm³/mol. The Hall–Kier alpha value is -2.79. The molecule has 0 N–H and O–H groups in total. The van der Waals surface area contributed by atoms with Crippen LogP contribution in [0, 0.1) is 0 Å². The van der Waals surface area contributed by atoms with Crippen molar-refractivity contribution < 1.29 is 31.1 Å². The van der Waals surface area contributed by atoms with E-state index in [1.54, 1.807) is 29.2 Å². The molecule has 0 bridgehead atoms. The van der Waals surface area contributed by atoms with Crippen LogP contribution in [0.2, 0.25) is 0 Å². The van der Waals surface area contributed by atoms with E-state index < -0.39 is 19.7 Å². The van der Waals surface area contributed by atoms with Crippen molar-refractivity contribution in [3.05, 3.63) is 42.0 Å². The van der Waals surface area contributed by atoms with Crippen LogP contribution in [-0.2, 0) is 19.7 Å². The summed E-state index contributed by atoms with van der Waals surface area (Å²) in [5.74, 6) is 0.0739. The van der Waals surface area contributed by atoms with Crippen molar-refractivity contribution in [2.75, 3.05) is 50.2 Å². The zero-order chi connectivity index (χ0) is 26.8. The van der Waals surface area contributed by atoms with Gasteiger partial charge in [0.2, 0.25) is 0 Å². The number of benzene rings is 2. The third kappa shape index (κ3) is 6.20. The fraction of sp³-hybridized carbons (Fsp3) is 0.500. The highest BCUT2D eigenvalue weighted by molar-refractivity contribution is 7.91. The summed E-state index contributed by atoms with van der Waals surface area (Å²) in [6.07, 6.45) is 5.77. The zero-order valence-electron chi connectivity index (χ0n) is 21.5. The van der Waals surface area contributed by atoms with Crippen molar-refractivity contribution in [3.8, 4) is 11.5 Å². The second-order valence-electron chi connectivity index (χ2n) is 9.54. The molecule has 2 aliphatic rings. The quantitative estimate of drug-likeness (QED) is 0.493. The van der Waals surface area contributed by atoms with Gasteiger partial charge in [0.05, 0.1) is 17.6 Å². The van der Waals surface area contributed by atoms with Gasteiger partial charge in [-0.15, -0.1) is 0 Å². The van der Waals surface area contributed by atoms with Gasteiger partial charge in [0.25, 0.3) is 5.91 Å². The first-order valence-corrected chi connectivity index (χ1v) is 16.3. The number of nitrogens with zero attached hydrogens (tertiary/aromatic N) is 2. The van der Waals surface area contributed by atoms with E-state index in [1.807, 2.05) is 6.92 Å². The predicted octanol–water partition coefficient (Wildman–Crippen LogP) is 3.18. The monoisotopic (exact) mass is 550 g/mol. The minimum atomic E-state index is -3.65. The number of hydrogen-bond acceptors (Lipinski definition) is 8. The lowest BCUT2D eigenvalue weighted by Gasteiger charge is -2.36. The molecule has 1 saturated heterocycles. The highest BCUT2D eigenvalue weighted by Gasteiger charge is 2.33. The van der Waals surface area contributed by atoms with Gasteiger partial charge < -0.3 is 19.3 Å². The number of amides is 1. The molecule has 2 aromatic rings.